The number of hydrogen-bond acceptors (Lipinski definition) is 4. The van der Waals surface area contributed by atoms with Crippen LogP contribution in [0.3, 0.4) is 0 Å². The number of hydrogen-bond donors (Lipinski definition) is 2. The van der Waals surface area contributed by atoms with Crippen molar-refractivity contribution in [2.75, 3.05) is 0 Å². The molecule has 0 radical (unpaired) electrons. The molecule has 2 aromatic carbocycles. The molecule has 0 spiro atoms. The Labute approximate surface area is 147 Å². The Balaban J connectivity index is 1.74. The van der Waals surface area contributed by atoms with E-state index in [4.69, 9.17) is 4.42 Å². The number of halogens is 1. The van der Waals surface area contributed by atoms with Crippen molar-refractivity contribution < 1.29 is 14.3 Å². The summed E-state index contributed by atoms with van der Waals surface area (Å²) in [5.74, 6) is 0.0359. The van der Waals surface area contributed by atoms with Crippen molar-refractivity contribution in [2.45, 2.75) is 13.8 Å². The van der Waals surface area contributed by atoms with Crippen LogP contribution in [0.1, 0.15) is 27.2 Å². The molecule has 122 valence electrons. The highest BCUT2D eigenvalue weighted by Gasteiger charge is 2.11. The van der Waals surface area contributed by atoms with E-state index in [0.717, 1.165) is 26.5 Å². The molecule has 1 aromatic heterocycles. The number of amides is 1. The number of nitrogens with zero attached hydrogens (tertiary/aromatic N) is 1. The molecular formula is C18H15BrN2O3. The van der Waals surface area contributed by atoms with Gasteiger partial charge in [-0.2, -0.15) is 5.10 Å². The molecule has 0 aliphatic carbocycles. The van der Waals surface area contributed by atoms with Gasteiger partial charge in [0, 0.05) is 9.86 Å². The van der Waals surface area contributed by atoms with Gasteiger partial charge in [0.25, 0.3) is 0 Å². The van der Waals surface area contributed by atoms with Crippen molar-refractivity contribution in [1.82, 2.24) is 5.43 Å². The second kappa shape index (κ2) is 6.49. The quantitative estimate of drug-likeness (QED) is 0.520. The van der Waals surface area contributed by atoms with Crippen molar-refractivity contribution in [2.24, 2.45) is 5.10 Å². The Morgan fingerprint density at radius 1 is 1.21 bits per heavy atom. The summed E-state index contributed by atoms with van der Waals surface area (Å²) >= 11 is 3.38. The van der Waals surface area contributed by atoms with Gasteiger partial charge in [0.05, 0.1) is 6.21 Å². The van der Waals surface area contributed by atoms with Gasteiger partial charge in [-0.15, -0.1) is 0 Å². The van der Waals surface area contributed by atoms with E-state index < -0.39 is 5.91 Å². The number of phenols is 1. The standard InChI is InChI=1S/C18H15BrN2O3/c1-10-5-12(6-11(2)17(10)22)9-20-21-18(23)16-8-13-7-14(19)3-4-15(13)24-16/h3-9,22H,1-2H3,(H,21,23). The van der Waals surface area contributed by atoms with Crippen LogP contribution in [-0.2, 0) is 0 Å². The van der Waals surface area contributed by atoms with Gasteiger partial charge in [-0.1, -0.05) is 15.9 Å². The first-order chi connectivity index (χ1) is 11.4. The third-order valence-electron chi connectivity index (χ3n) is 3.60. The van der Waals surface area contributed by atoms with Gasteiger partial charge in [0.1, 0.15) is 11.3 Å². The number of nitrogens with one attached hydrogen (secondary N) is 1. The normalized spacial score (nSPS) is 11.3. The van der Waals surface area contributed by atoms with E-state index >= 15 is 0 Å². The minimum atomic E-state index is -0.425. The van der Waals surface area contributed by atoms with E-state index in [1.807, 2.05) is 26.0 Å². The van der Waals surface area contributed by atoms with Crippen LogP contribution in [0.5, 0.6) is 5.75 Å². The van der Waals surface area contributed by atoms with Gasteiger partial charge in [-0.3, -0.25) is 4.79 Å². The molecule has 0 aliphatic rings. The topological polar surface area (TPSA) is 74.8 Å². The van der Waals surface area contributed by atoms with Crippen molar-refractivity contribution in [3.63, 3.8) is 0 Å². The molecule has 3 aromatic rings. The summed E-state index contributed by atoms with van der Waals surface area (Å²) in [7, 11) is 0. The Kier molecular flexibility index (Phi) is 4.40. The zero-order chi connectivity index (χ0) is 17.3. The number of phenolic OH excluding ortho intramolecular Hbond substituents is 1. The first-order valence-corrected chi connectivity index (χ1v) is 8.06. The molecule has 0 saturated carbocycles. The van der Waals surface area contributed by atoms with Gasteiger partial charge in [-0.05, 0) is 66.9 Å². The van der Waals surface area contributed by atoms with Crippen LogP contribution >= 0.6 is 15.9 Å². The summed E-state index contributed by atoms with van der Waals surface area (Å²) < 4.78 is 6.42. The predicted molar refractivity (Wildman–Crippen MR) is 96.6 cm³/mol. The van der Waals surface area contributed by atoms with Crippen LogP contribution in [0.4, 0.5) is 0 Å². The lowest BCUT2D eigenvalue weighted by Gasteiger charge is -2.04. The largest absolute Gasteiger partial charge is 0.507 e. The Morgan fingerprint density at radius 3 is 2.62 bits per heavy atom. The van der Waals surface area contributed by atoms with Crippen LogP contribution in [0.2, 0.25) is 0 Å². The first kappa shape index (κ1) is 16.3. The highest BCUT2D eigenvalue weighted by Crippen LogP contribution is 2.23. The van der Waals surface area contributed by atoms with Crippen molar-refractivity contribution in [3.8, 4) is 5.75 Å². The van der Waals surface area contributed by atoms with Crippen LogP contribution in [-0.4, -0.2) is 17.2 Å². The first-order valence-electron chi connectivity index (χ1n) is 7.27. The molecular weight excluding hydrogens is 372 g/mol. The molecule has 0 aliphatic heterocycles. The lowest BCUT2D eigenvalue weighted by molar-refractivity contribution is 0.0929. The molecule has 0 atom stereocenters. The zero-order valence-electron chi connectivity index (χ0n) is 13.1. The minimum Gasteiger partial charge on any atom is -0.507 e. The third-order valence-corrected chi connectivity index (χ3v) is 4.09. The summed E-state index contributed by atoms with van der Waals surface area (Å²) in [4.78, 5) is 12.1. The lowest BCUT2D eigenvalue weighted by Crippen LogP contribution is -2.16. The smallest absolute Gasteiger partial charge is 0.307 e. The SMILES string of the molecule is Cc1cc(C=NNC(=O)c2cc3cc(Br)ccc3o2)cc(C)c1O. The summed E-state index contributed by atoms with van der Waals surface area (Å²) in [6.45, 7) is 3.62. The molecule has 5 nitrogen and oxygen atoms in total. The van der Waals surface area contributed by atoms with E-state index in [2.05, 4.69) is 26.5 Å². The lowest BCUT2D eigenvalue weighted by atomic mass is 10.1. The Hall–Kier alpha value is -2.60. The number of rotatable bonds is 3. The van der Waals surface area contributed by atoms with Gasteiger partial charge in [-0.25, -0.2) is 5.43 Å². The summed E-state index contributed by atoms with van der Waals surface area (Å²) in [5.41, 5.74) is 5.37. The van der Waals surface area contributed by atoms with Crippen LogP contribution in [0, 0.1) is 13.8 Å². The molecule has 2 N–H and O–H groups in total. The summed E-state index contributed by atoms with van der Waals surface area (Å²) in [5, 5.41) is 14.5. The maximum Gasteiger partial charge on any atom is 0.307 e. The van der Waals surface area contributed by atoms with Crippen LogP contribution in [0.15, 0.2) is 50.4 Å². The summed E-state index contributed by atoms with van der Waals surface area (Å²) in [6, 6.07) is 10.8. The number of aromatic hydroxyl groups is 1. The van der Waals surface area contributed by atoms with E-state index in [1.54, 1.807) is 24.3 Å². The summed E-state index contributed by atoms with van der Waals surface area (Å²) in [6.07, 6.45) is 1.52. The Morgan fingerprint density at radius 2 is 1.92 bits per heavy atom. The number of fused-ring (bicyclic) bond motifs is 1. The molecule has 0 unspecified atom stereocenters. The fraction of sp³-hybridized carbons (Fsp3) is 0.111. The van der Waals surface area contributed by atoms with E-state index in [1.165, 1.54) is 6.21 Å². The van der Waals surface area contributed by atoms with Crippen LogP contribution in [0.25, 0.3) is 11.0 Å². The average molecular weight is 387 g/mol. The maximum absolute atomic E-state index is 12.1. The predicted octanol–water partition coefficient (Wildman–Crippen LogP) is 4.28. The monoisotopic (exact) mass is 386 g/mol. The number of aryl methyl sites for hydroxylation is 2. The van der Waals surface area contributed by atoms with Gasteiger partial charge < -0.3 is 9.52 Å². The molecule has 0 bridgehead atoms. The Bertz CT molecular complexity index is 937. The maximum atomic E-state index is 12.1. The fourth-order valence-corrected chi connectivity index (χ4v) is 2.79. The van der Waals surface area contributed by atoms with E-state index in [9.17, 15) is 9.90 Å². The third kappa shape index (κ3) is 3.33. The number of benzene rings is 2. The van der Waals surface area contributed by atoms with Crippen molar-refractivity contribution in [1.29, 1.82) is 0 Å². The fourth-order valence-electron chi connectivity index (χ4n) is 2.41. The highest BCUT2D eigenvalue weighted by atomic mass is 79.9. The van der Waals surface area contributed by atoms with Gasteiger partial charge in [0.15, 0.2) is 5.76 Å². The number of hydrazone groups is 1. The van der Waals surface area contributed by atoms with Crippen LogP contribution < -0.4 is 5.43 Å². The van der Waals surface area contributed by atoms with E-state index in [0.29, 0.717) is 5.58 Å². The molecule has 3 rings (SSSR count). The minimum absolute atomic E-state index is 0.193. The molecule has 1 amide bonds. The van der Waals surface area contributed by atoms with Gasteiger partial charge >= 0.3 is 5.91 Å². The second-order valence-corrected chi connectivity index (χ2v) is 6.41. The molecule has 1 heterocycles. The zero-order valence-corrected chi connectivity index (χ0v) is 14.7. The molecule has 0 fully saturated rings. The number of carbonyl (C=O) groups is 1. The van der Waals surface area contributed by atoms with E-state index in [-0.39, 0.29) is 11.5 Å². The highest BCUT2D eigenvalue weighted by molar-refractivity contribution is 9.10. The molecule has 24 heavy (non-hydrogen) atoms. The van der Waals surface area contributed by atoms with Crippen molar-refractivity contribution in [3.05, 3.63) is 63.3 Å². The molecule has 6 heteroatoms. The van der Waals surface area contributed by atoms with Crippen molar-refractivity contribution >= 4 is 39.0 Å². The average Bonchev–Trinajstić information content (AvgIpc) is 2.95. The number of carbonyl (C=O) groups excluding carboxylic acids is 1. The second-order valence-electron chi connectivity index (χ2n) is 5.50. The van der Waals surface area contributed by atoms with Gasteiger partial charge in [0.2, 0.25) is 0 Å². The molecule has 0 saturated heterocycles. The number of furan rings is 1.